The van der Waals surface area contributed by atoms with Gasteiger partial charge in [-0.05, 0) is 48.2 Å². The molecule has 28 heavy (non-hydrogen) atoms. The van der Waals surface area contributed by atoms with Crippen molar-refractivity contribution < 1.29 is 17.9 Å². The molecular weight excluding hydrogens is 376 g/mol. The number of piperidine rings is 1. The number of benzene rings is 2. The Balaban J connectivity index is 1.57. The number of ether oxygens (including phenoxy) is 1. The van der Waals surface area contributed by atoms with Crippen molar-refractivity contribution in [1.29, 1.82) is 0 Å². The average Bonchev–Trinajstić information content (AvgIpc) is 2.73. The zero-order chi connectivity index (χ0) is 20.0. The molecule has 1 aliphatic rings. The fraction of sp³-hybridized carbons (Fsp3) is 0.381. The van der Waals surface area contributed by atoms with Crippen LogP contribution in [-0.4, -0.2) is 38.8 Å². The number of amides is 1. The summed E-state index contributed by atoms with van der Waals surface area (Å²) < 4.78 is 31.8. The van der Waals surface area contributed by atoms with Crippen molar-refractivity contribution in [3.63, 3.8) is 0 Å². The molecule has 1 N–H and O–H groups in total. The van der Waals surface area contributed by atoms with Crippen molar-refractivity contribution in [2.24, 2.45) is 0 Å². The van der Waals surface area contributed by atoms with E-state index in [9.17, 15) is 13.2 Å². The van der Waals surface area contributed by atoms with Gasteiger partial charge in [0.15, 0.2) is 0 Å². The Kier molecular flexibility index (Phi) is 6.70. The summed E-state index contributed by atoms with van der Waals surface area (Å²) in [6.45, 7) is 1.60. The summed E-state index contributed by atoms with van der Waals surface area (Å²) in [4.78, 5) is 12.3. The van der Waals surface area contributed by atoms with Gasteiger partial charge >= 0.3 is 0 Å². The van der Waals surface area contributed by atoms with Crippen LogP contribution in [0.1, 0.15) is 40.7 Å². The number of carbonyl (C=O) groups is 1. The highest BCUT2D eigenvalue weighted by atomic mass is 32.2. The Hall–Kier alpha value is -2.38. The molecule has 0 bridgehead atoms. The summed E-state index contributed by atoms with van der Waals surface area (Å²) in [6, 6.07) is 14.3. The highest BCUT2D eigenvalue weighted by Gasteiger charge is 2.24. The van der Waals surface area contributed by atoms with Crippen LogP contribution in [0.15, 0.2) is 48.5 Å². The number of sulfonamides is 1. The molecule has 0 spiro atoms. The zero-order valence-corrected chi connectivity index (χ0v) is 16.9. The molecule has 0 atom stereocenters. The largest absolute Gasteiger partial charge is 0.497 e. The highest BCUT2D eigenvalue weighted by Crippen LogP contribution is 2.18. The minimum atomic E-state index is -3.30. The third-order valence-electron chi connectivity index (χ3n) is 4.86. The lowest BCUT2D eigenvalue weighted by atomic mass is 10.1. The van der Waals surface area contributed by atoms with Gasteiger partial charge in [0, 0.05) is 25.2 Å². The van der Waals surface area contributed by atoms with Gasteiger partial charge in [-0.25, -0.2) is 12.7 Å². The maximum atomic E-state index is 12.5. The van der Waals surface area contributed by atoms with Crippen LogP contribution in [-0.2, 0) is 22.3 Å². The van der Waals surface area contributed by atoms with Crippen LogP contribution in [0, 0.1) is 0 Å². The predicted octanol–water partition coefficient (Wildman–Crippen LogP) is 2.94. The third kappa shape index (κ3) is 5.33. The van der Waals surface area contributed by atoms with E-state index in [-0.39, 0.29) is 11.7 Å². The first-order valence-corrected chi connectivity index (χ1v) is 11.1. The summed E-state index contributed by atoms with van der Waals surface area (Å²) in [5.74, 6) is 0.512. The number of nitrogens with zero attached hydrogens (tertiary/aromatic N) is 1. The number of methoxy groups -OCH3 is 1. The third-order valence-corrected chi connectivity index (χ3v) is 6.71. The second-order valence-electron chi connectivity index (χ2n) is 6.95. The fourth-order valence-electron chi connectivity index (χ4n) is 3.26. The second-order valence-corrected chi connectivity index (χ2v) is 8.92. The van der Waals surface area contributed by atoms with Crippen LogP contribution in [0.25, 0.3) is 0 Å². The molecule has 6 nitrogen and oxygen atoms in total. The standard InChI is InChI=1S/C21H26N2O4S/c1-27-20-7-5-6-18(14-20)15-22-21(24)19-10-8-17(9-11-19)16-28(25,26)23-12-3-2-4-13-23/h5-11,14H,2-4,12-13,15-16H2,1H3,(H,22,24). The van der Waals surface area contributed by atoms with Crippen LogP contribution in [0.5, 0.6) is 5.75 Å². The predicted molar refractivity (Wildman–Crippen MR) is 109 cm³/mol. The summed E-state index contributed by atoms with van der Waals surface area (Å²) in [6.07, 6.45) is 2.93. The number of nitrogens with one attached hydrogen (secondary N) is 1. The van der Waals surface area contributed by atoms with Gasteiger partial charge in [-0.2, -0.15) is 0 Å². The molecule has 1 aliphatic heterocycles. The molecule has 3 rings (SSSR count). The van der Waals surface area contributed by atoms with Crippen LogP contribution in [0.3, 0.4) is 0 Å². The van der Waals surface area contributed by atoms with Gasteiger partial charge in [-0.1, -0.05) is 30.7 Å². The van der Waals surface area contributed by atoms with Gasteiger partial charge in [0.25, 0.3) is 5.91 Å². The van der Waals surface area contributed by atoms with Crippen molar-refractivity contribution >= 4 is 15.9 Å². The SMILES string of the molecule is COc1cccc(CNC(=O)c2ccc(CS(=O)(=O)N3CCCCC3)cc2)c1. The summed E-state index contributed by atoms with van der Waals surface area (Å²) in [7, 11) is -1.70. The lowest BCUT2D eigenvalue weighted by molar-refractivity contribution is 0.0951. The van der Waals surface area contributed by atoms with E-state index >= 15 is 0 Å². The van der Waals surface area contributed by atoms with E-state index in [4.69, 9.17) is 4.74 Å². The molecule has 0 radical (unpaired) electrons. The van der Waals surface area contributed by atoms with E-state index < -0.39 is 10.0 Å². The van der Waals surface area contributed by atoms with Crippen molar-refractivity contribution in [3.8, 4) is 5.75 Å². The molecule has 2 aromatic rings. The molecule has 150 valence electrons. The first kappa shape index (κ1) is 20.4. The lowest BCUT2D eigenvalue weighted by Gasteiger charge is -2.25. The second kappa shape index (κ2) is 9.21. The number of hydrogen-bond acceptors (Lipinski definition) is 4. The fourth-order valence-corrected chi connectivity index (χ4v) is 4.87. The Morgan fingerprint density at radius 1 is 1.04 bits per heavy atom. The molecule has 0 saturated carbocycles. The Labute approximate surface area is 166 Å². The molecule has 1 saturated heterocycles. The lowest BCUT2D eigenvalue weighted by Crippen LogP contribution is -2.36. The van der Waals surface area contributed by atoms with Crippen molar-refractivity contribution in [2.45, 2.75) is 31.6 Å². The van der Waals surface area contributed by atoms with Crippen LogP contribution < -0.4 is 10.1 Å². The van der Waals surface area contributed by atoms with Crippen molar-refractivity contribution in [2.75, 3.05) is 20.2 Å². The Morgan fingerprint density at radius 3 is 2.43 bits per heavy atom. The monoisotopic (exact) mass is 402 g/mol. The van der Waals surface area contributed by atoms with E-state index in [0.29, 0.717) is 30.8 Å². The number of rotatable bonds is 7. The number of carbonyl (C=O) groups excluding carboxylic acids is 1. The summed E-state index contributed by atoms with van der Waals surface area (Å²) >= 11 is 0. The minimum Gasteiger partial charge on any atom is -0.497 e. The average molecular weight is 403 g/mol. The summed E-state index contributed by atoms with van der Waals surface area (Å²) in [5, 5.41) is 2.86. The zero-order valence-electron chi connectivity index (χ0n) is 16.1. The van der Waals surface area contributed by atoms with Crippen LogP contribution in [0.4, 0.5) is 0 Å². The van der Waals surface area contributed by atoms with Gasteiger partial charge in [-0.15, -0.1) is 0 Å². The first-order valence-electron chi connectivity index (χ1n) is 9.46. The topological polar surface area (TPSA) is 75.7 Å². The van der Waals surface area contributed by atoms with Gasteiger partial charge < -0.3 is 10.1 Å². The Bertz CT molecular complexity index is 904. The molecule has 0 unspecified atom stereocenters. The molecule has 1 fully saturated rings. The number of hydrogen-bond donors (Lipinski definition) is 1. The molecule has 0 aliphatic carbocycles. The maximum Gasteiger partial charge on any atom is 0.251 e. The molecule has 2 aromatic carbocycles. The molecule has 1 amide bonds. The minimum absolute atomic E-state index is 0.0291. The molecule has 1 heterocycles. The van der Waals surface area contributed by atoms with Gasteiger partial charge in [0.2, 0.25) is 10.0 Å². The normalized spacial score (nSPS) is 15.2. The van der Waals surface area contributed by atoms with Crippen LogP contribution in [0.2, 0.25) is 0 Å². The van der Waals surface area contributed by atoms with E-state index in [1.165, 1.54) is 0 Å². The highest BCUT2D eigenvalue weighted by molar-refractivity contribution is 7.88. The molecule has 7 heteroatoms. The summed E-state index contributed by atoms with van der Waals surface area (Å²) in [5.41, 5.74) is 2.13. The van der Waals surface area contributed by atoms with E-state index in [0.717, 1.165) is 30.6 Å². The van der Waals surface area contributed by atoms with Crippen molar-refractivity contribution in [3.05, 3.63) is 65.2 Å². The Morgan fingerprint density at radius 2 is 1.75 bits per heavy atom. The van der Waals surface area contributed by atoms with E-state index in [1.807, 2.05) is 24.3 Å². The first-order chi connectivity index (χ1) is 13.5. The molecular formula is C21H26N2O4S. The quantitative estimate of drug-likeness (QED) is 0.773. The van der Waals surface area contributed by atoms with Gasteiger partial charge in [-0.3, -0.25) is 4.79 Å². The smallest absolute Gasteiger partial charge is 0.251 e. The van der Waals surface area contributed by atoms with Gasteiger partial charge in [0.1, 0.15) is 5.75 Å². The van der Waals surface area contributed by atoms with E-state index in [2.05, 4.69) is 5.32 Å². The van der Waals surface area contributed by atoms with Crippen LogP contribution >= 0.6 is 0 Å². The van der Waals surface area contributed by atoms with Gasteiger partial charge in [0.05, 0.1) is 12.9 Å². The van der Waals surface area contributed by atoms with Crippen molar-refractivity contribution in [1.82, 2.24) is 9.62 Å². The van der Waals surface area contributed by atoms with E-state index in [1.54, 1.807) is 35.7 Å². The molecule has 0 aromatic heterocycles. The maximum absolute atomic E-state index is 12.5.